The maximum Gasteiger partial charge on any atom is 0.277 e. The summed E-state index contributed by atoms with van der Waals surface area (Å²) < 4.78 is 1.71. The Morgan fingerprint density at radius 3 is 2.55 bits per heavy atom. The maximum atomic E-state index is 13.9. The predicted octanol–water partition coefficient (Wildman–Crippen LogP) is 5.21. The van der Waals surface area contributed by atoms with Gasteiger partial charge in [0.25, 0.3) is 5.91 Å². The van der Waals surface area contributed by atoms with E-state index in [2.05, 4.69) is 19.2 Å². The van der Waals surface area contributed by atoms with Crippen LogP contribution in [-0.2, 0) is 11.3 Å². The molecule has 33 heavy (non-hydrogen) atoms. The van der Waals surface area contributed by atoms with Crippen molar-refractivity contribution >= 4 is 28.8 Å². The van der Waals surface area contributed by atoms with Gasteiger partial charge in [-0.1, -0.05) is 44.9 Å². The first-order chi connectivity index (χ1) is 15.9. The summed E-state index contributed by atoms with van der Waals surface area (Å²) in [4.78, 5) is 30.2. The van der Waals surface area contributed by atoms with E-state index in [1.165, 1.54) is 5.56 Å². The molecule has 1 unspecified atom stereocenters. The molecule has 3 aromatic rings. The molecule has 2 aliphatic rings. The van der Waals surface area contributed by atoms with E-state index in [-0.39, 0.29) is 17.9 Å². The van der Waals surface area contributed by atoms with Crippen molar-refractivity contribution in [2.75, 3.05) is 4.90 Å². The van der Waals surface area contributed by atoms with Gasteiger partial charge in [0, 0.05) is 11.7 Å². The first-order valence-corrected chi connectivity index (χ1v) is 12.6. The van der Waals surface area contributed by atoms with E-state index in [0.29, 0.717) is 18.2 Å². The second-order valence-electron chi connectivity index (χ2n) is 9.67. The van der Waals surface area contributed by atoms with Gasteiger partial charge in [0.05, 0.1) is 11.4 Å². The van der Waals surface area contributed by atoms with Crippen LogP contribution in [-0.4, -0.2) is 33.2 Å². The smallest absolute Gasteiger partial charge is 0.277 e. The van der Waals surface area contributed by atoms with Gasteiger partial charge in [-0.05, 0) is 60.9 Å². The quantitative estimate of drug-likeness (QED) is 0.566. The fourth-order valence-corrected chi connectivity index (χ4v) is 5.63. The molecular weight excluding hydrogens is 432 g/mol. The van der Waals surface area contributed by atoms with Gasteiger partial charge in [-0.25, -0.2) is 0 Å². The topological polar surface area (TPSA) is 67.2 Å². The van der Waals surface area contributed by atoms with Gasteiger partial charge in [-0.3, -0.25) is 19.2 Å². The fourth-order valence-electron chi connectivity index (χ4n) is 4.95. The molecule has 6 nitrogen and oxygen atoms in total. The minimum Gasteiger partial charge on any atom is -0.351 e. The zero-order valence-corrected chi connectivity index (χ0v) is 20.2. The average molecular weight is 463 g/mol. The summed E-state index contributed by atoms with van der Waals surface area (Å²) in [6.45, 7) is 6.46. The van der Waals surface area contributed by atoms with E-state index >= 15 is 0 Å². The summed E-state index contributed by atoms with van der Waals surface area (Å²) in [6.07, 6.45) is 4.26. The van der Waals surface area contributed by atoms with Crippen LogP contribution >= 0.6 is 11.3 Å². The number of aromatic nitrogens is 2. The Labute approximate surface area is 198 Å². The summed E-state index contributed by atoms with van der Waals surface area (Å²) in [7, 11) is 0. The number of amides is 2. The highest BCUT2D eigenvalue weighted by Gasteiger charge is 2.49. The van der Waals surface area contributed by atoms with Crippen molar-refractivity contribution in [1.29, 1.82) is 0 Å². The monoisotopic (exact) mass is 462 g/mol. The molecule has 1 saturated carbocycles. The van der Waals surface area contributed by atoms with Gasteiger partial charge < -0.3 is 5.32 Å². The number of thiophene rings is 1. The zero-order valence-electron chi connectivity index (χ0n) is 19.4. The van der Waals surface area contributed by atoms with E-state index in [9.17, 15) is 9.59 Å². The molecule has 1 aliphatic carbocycles. The second-order valence-corrected chi connectivity index (χ2v) is 10.6. The van der Waals surface area contributed by atoms with Crippen molar-refractivity contribution in [3.63, 3.8) is 0 Å². The average Bonchev–Trinajstić information content (AvgIpc) is 3.55. The molecule has 1 aromatic carbocycles. The van der Waals surface area contributed by atoms with Crippen molar-refractivity contribution < 1.29 is 9.59 Å². The lowest BCUT2D eigenvalue weighted by molar-refractivity contribution is -0.127. The highest BCUT2D eigenvalue weighted by Crippen LogP contribution is 2.36. The number of rotatable bonds is 5. The highest BCUT2D eigenvalue weighted by molar-refractivity contribution is 7.13. The van der Waals surface area contributed by atoms with Crippen molar-refractivity contribution in [2.45, 2.75) is 70.5 Å². The standard InChI is InChI=1S/C26H30N4O2S/c1-17(2)18-10-12-20(13-11-18)30-24(31)22-15-21(23-9-6-14-33-23)28-29(22)16-26(30,3)25(32)27-19-7-4-5-8-19/h6,9-15,17,19H,4-5,7-8,16H2,1-3H3,(H,27,32). The maximum absolute atomic E-state index is 13.9. The van der Waals surface area contributed by atoms with E-state index in [1.54, 1.807) is 20.9 Å². The van der Waals surface area contributed by atoms with Crippen LogP contribution in [0.1, 0.15) is 68.4 Å². The molecule has 1 aliphatic heterocycles. The molecule has 7 heteroatoms. The zero-order chi connectivity index (χ0) is 23.2. The van der Waals surface area contributed by atoms with Crippen LogP contribution in [0.3, 0.4) is 0 Å². The number of fused-ring (bicyclic) bond motifs is 1. The van der Waals surface area contributed by atoms with Crippen LogP contribution in [0.15, 0.2) is 47.8 Å². The van der Waals surface area contributed by atoms with Crippen LogP contribution in [0.4, 0.5) is 5.69 Å². The Kier molecular flexibility index (Phi) is 5.60. The van der Waals surface area contributed by atoms with E-state index < -0.39 is 5.54 Å². The number of nitrogens with one attached hydrogen (secondary N) is 1. The van der Waals surface area contributed by atoms with Gasteiger partial charge >= 0.3 is 0 Å². The number of hydrogen-bond donors (Lipinski definition) is 1. The number of benzene rings is 1. The van der Waals surface area contributed by atoms with E-state index in [1.807, 2.05) is 54.8 Å². The predicted molar refractivity (Wildman–Crippen MR) is 132 cm³/mol. The van der Waals surface area contributed by atoms with Crippen molar-refractivity contribution in [3.05, 3.63) is 59.1 Å². The largest absolute Gasteiger partial charge is 0.351 e. The Balaban J connectivity index is 1.56. The van der Waals surface area contributed by atoms with Gasteiger partial charge in [0.2, 0.25) is 5.91 Å². The van der Waals surface area contributed by atoms with Crippen molar-refractivity contribution in [2.24, 2.45) is 0 Å². The molecule has 172 valence electrons. The number of carbonyl (C=O) groups is 2. The molecule has 5 rings (SSSR count). The summed E-state index contributed by atoms with van der Waals surface area (Å²) in [6, 6.07) is 14.0. The summed E-state index contributed by atoms with van der Waals surface area (Å²) in [5, 5.41) is 9.95. The third kappa shape index (κ3) is 3.88. The van der Waals surface area contributed by atoms with E-state index in [0.717, 1.165) is 41.9 Å². The van der Waals surface area contributed by atoms with Crippen molar-refractivity contribution in [3.8, 4) is 10.6 Å². The molecule has 3 heterocycles. The third-order valence-electron chi connectivity index (χ3n) is 6.92. The molecule has 0 spiro atoms. The van der Waals surface area contributed by atoms with Gasteiger partial charge in [-0.2, -0.15) is 5.10 Å². The lowest BCUT2D eigenvalue weighted by Crippen LogP contribution is -2.65. The number of hydrogen-bond acceptors (Lipinski definition) is 4. The molecule has 0 saturated heterocycles. The Morgan fingerprint density at radius 1 is 1.18 bits per heavy atom. The first kappa shape index (κ1) is 21.9. The Morgan fingerprint density at radius 2 is 1.91 bits per heavy atom. The van der Waals surface area contributed by atoms with Crippen LogP contribution in [0.25, 0.3) is 10.6 Å². The summed E-state index contributed by atoms with van der Waals surface area (Å²) >= 11 is 1.59. The van der Waals surface area contributed by atoms with Crippen LogP contribution in [0.2, 0.25) is 0 Å². The third-order valence-corrected chi connectivity index (χ3v) is 7.82. The summed E-state index contributed by atoms with van der Waals surface area (Å²) in [5.74, 6) is 0.0791. The molecular formula is C26H30N4O2S. The van der Waals surface area contributed by atoms with Gasteiger partial charge in [0.15, 0.2) is 0 Å². The Bertz CT molecular complexity index is 1160. The van der Waals surface area contributed by atoms with Gasteiger partial charge in [-0.15, -0.1) is 11.3 Å². The molecule has 1 atom stereocenters. The second kappa shape index (κ2) is 8.45. The summed E-state index contributed by atoms with van der Waals surface area (Å²) in [5.41, 5.74) is 2.13. The van der Waals surface area contributed by atoms with Crippen LogP contribution in [0, 0.1) is 0 Å². The van der Waals surface area contributed by atoms with Crippen LogP contribution < -0.4 is 10.2 Å². The van der Waals surface area contributed by atoms with Crippen LogP contribution in [0.5, 0.6) is 0 Å². The molecule has 0 bridgehead atoms. The normalized spacial score (nSPS) is 21.0. The fraction of sp³-hybridized carbons (Fsp3) is 0.423. The minimum atomic E-state index is -1.08. The highest BCUT2D eigenvalue weighted by atomic mass is 32.1. The molecule has 0 radical (unpaired) electrons. The number of carbonyl (C=O) groups excluding carboxylic acids is 2. The molecule has 2 amide bonds. The lowest BCUT2D eigenvalue weighted by atomic mass is 9.93. The lowest BCUT2D eigenvalue weighted by Gasteiger charge is -2.43. The molecule has 2 aromatic heterocycles. The SMILES string of the molecule is CC(C)c1ccc(N2C(=O)c3cc(-c4cccs4)nn3CC2(C)C(=O)NC2CCCC2)cc1. The first-order valence-electron chi connectivity index (χ1n) is 11.7. The van der Waals surface area contributed by atoms with E-state index in [4.69, 9.17) is 5.10 Å². The van der Waals surface area contributed by atoms with Gasteiger partial charge in [0.1, 0.15) is 16.9 Å². The molecule has 1 fully saturated rings. The van der Waals surface area contributed by atoms with Crippen molar-refractivity contribution in [1.82, 2.24) is 15.1 Å². The Hall–Kier alpha value is -2.93. The minimum absolute atomic E-state index is 0.116. The molecule has 1 N–H and O–H groups in total. The number of nitrogens with zero attached hydrogens (tertiary/aromatic N) is 3. The number of anilines is 1.